The molecule has 0 fully saturated rings. The quantitative estimate of drug-likeness (QED) is 0.897. The van der Waals surface area contributed by atoms with Gasteiger partial charge in [0.05, 0.1) is 11.4 Å². The van der Waals surface area contributed by atoms with E-state index in [1.807, 2.05) is 6.07 Å². The van der Waals surface area contributed by atoms with E-state index in [2.05, 4.69) is 5.32 Å². The number of carbonyl (C=O) groups excluding carboxylic acids is 2. The Morgan fingerprint density at radius 1 is 1.15 bits per heavy atom. The van der Waals surface area contributed by atoms with Crippen LogP contribution in [0.15, 0.2) is 54.7 Å². The number of amides is 1. The van der Waals surface area contributed by atoms with Crippen LogP contribution in [-0.2, 0) is 16.1 Å². The van der Waals surface area contributed by atoms with E-state index in [9.17, 15) is 18.4 Å². The summed E-state index contributed by atoms with van der Waals surface area (Å²) in [4.78, 5) is 24.4. The molecule has 2 aromatic carbocycles. The highest BCUT2D eigenvalue weighted by atomic mass is 19.1. The predicted octanol–water partition coefficient (Wildman–Crippen LogP) is 4.01. The number of carbonyl (C=O) groups is 2. The molecule has 1 aliphatic rings. The third-order valence-corrected chi connectivity index (χ3v) is 3.83. The maximum atomic E-state index is 14.3. The summed E-state index contributed by atoms with van der Waals surface area (Å²) in [6.45, 7) is 0.277. The molecule has 0 saturated carbocycles. The van der Waals surface area contributed by atoms with Gasteiger partial charge in [-0.05, 0) is 11.6 Å². The van der Waals surface area contributed by atoms with Gasteiger partial charge in [0, 0.05) is 31.3 Å². The molecule has 0 saturated heterocycles. The van der Waals surface area contributed by atoms with Crippen molar-refractivity contribution in [1.29, 1.82) is 0 Å². The summed E-state index contributed by atoms with van der Waals surface area (Å²) in [5, 5.41) is 2.19. The van der Waals surface area contributed by atoms with E-state index in [-0.39, 0.29) is 36.7 Å². The standard InChI is InChI=1S/C19H16F2N2O3/c20-15-11-18(23-8-6-14(24)7-9-23)16(21)10-17(15)22-19(25)26-12-13-4-2-1-3-5-13/h1-6,8,10-11H,7,9,12H2,(H,22,25). The molecule has 3 rings (SSSR count). The summed E-state index contributed by atoms with van der Waals surface area (Å²) < 4.78 is 33.5. The van der Waals surface area contributed by atoms with Gasteiger partial charge in [0.2, 0.25) is 0 Å². The number of nitrogens with zero attached hydrogens (tertiary/aromatic N) is 1. The Bertz CT molecular complexity index is 853. The Morgan fingerprint density at radius 2 is 1.92 bits per heavy atom. The molecule has 5 nitrogen and oxygen atoms in total. The van der Waals surface area contributed by atoms with Gasteiger partial charge in [-0.2, -0.15) is 0 Å². The lowest BCUT2D eigenvalue weighted by molar-refractivity contribution is -0.114. The number of hydrogen-bond donors (Lipinski definition) is 1. The number of halogens is 2. The third-order valence-electron chi connectivity index (χ3n) is 3.83. The van der Waals surface area contributed by atoms with Crippen LogP contribution in [0.3, 0.4) is 0 Å². The zero-order valence-corrected chi connectivity index (χ0v) is 13.7. The van der Waals surface area contributed by atoms with Gasteiger partial charge in [0.15, 0.2) is 5.78 Å². The molecule has 1 heterocycles. The minimum Gasteiger partial charge on any atom is -0.444 e. The summed E-state index contributed by atoms with van der Waals surface area (Å²) in [5.41, 5.74) is 0.451. The molecule has 1 N–H and O–H groups in total. The maximum Gasteiger partial charge on any atom is 0.412 e. The van der Waals surface area contributed by atoms with Crippen molar-refractivity contribution in [1.82, 2.24) is 0 Å². The highest BCUT2D eigenvalue weighted by Crippen LogP contribution is 2.27. The van der Waals surface area contributed by atoms with Gasteiger partial charge >= 0.3 is 6.09 Å². The number of ether oxygens (including phenoxy) is 1. The highest BCUT2D eigenvalue weighted by Gasteiger charge is 2.18. The Balaban J connectivity index is 1.67. The Kier molecular flexibility index (Phi) is 5.26. The normalized spacial score (nSPS) is 13.6. The molecule has 1 amide bonds. The molecule has 0 atom stereocenters. The zero-order chi connectivity index (χ0) is 18.5. The van der Waals surface area contributed by atoms with Crippen LogP contribution in [0.5, 0.6) is 0 Å². The topological polar surface area (TPSA) is 58.6 Å². The second-order valence-corrected chi connectivity index (χ2v) is 5.70. The lowest BCUT2D eigenvalue weighted by Gasteiger charge is -2.23. The number of rotatable bonds is 4. The fourth-order valence-corrected chi connectivity index (χ4v) is 2.48. The lowest BCUT2D eigenvalue weighted by atomic mass is 10.1. The second-order valence-electron chi connectivity index (χ2n) is 5.70. The van der Waals surface area contributed by atoms with Gasteiger partial charge < -0.3 is 9.64 Å². The number of benzene rings is 2. The molecular weight excluding hydrogens is 342 g/mol. The molecule has 26 heavy (non-hydrogen) atoms. The van der Waals surface area contributed by atoms with Crippen LogP contribution in [0.2, 0.25) is 0 Å². The first-order valence-electron chi connectivity index (χ1n) is 7.97. The van der Waals surface area contributed by atoms with E-state index in [1.54, 1.807) is 24.3 Å². The van der Waals surface area contributed by atoms with E-state index in [0.29, 0.717) is 0 Å². The van der Waals surface area contributed by atoms with Gasteiger partial charge in [-0.3, -0.25) is 10.1 Å². The van der Waals surface area contributed by atoms with Crippen LogP contribution in [0.1, 0.15) is 12.0 Å². The van der Waals surface area contributed by atoms with E-state index in [4.69, 9.17) is 4.74 Å². The maximum absolute atomic E-state index is 14.3. The molecule has 0 aromatic heterocycles. The number of ketones is 1. The van der Waals surface area contributed by atoms with E-state index >= 15 is 0 Å². The molecule has 1 aliphatic heterocycles. The number of nitrogens with one attached hydrogen (secondary N) is 1. The fourth-order valence-electron chi connectivity index (χ4n) is 2.48. The first kappa shape index (κ1) is 17.6. The molecular formula is C19H16F2N2O3. The zero-order valence-electron chi connectivity index (χ0n) is 13.7. The van der Waals surface area contributed by atoms with Crippen LogP contribution in [0.25, 0.3) is 0 Å². The second kappa shape index (κ2) is 7.77. The van der Waals surface area contributed by atoms with Crippen LogP contribution in [-0.4, -0.2) is 18.4 Å². The molecule has 7 heteroatoms. The van der Waals surface area contributed by atoms with Gasteiger partial charge in [-0.15, -0.1) is 0 Å². The average molecular weight is 358 g/mol. The largest absolute Gasteiger partial charge is 0.444 e. The van der Waals surface area contributed by atoms with Crippen molar-refractivity contribution in [3.8, 4) is 0 Å². The molecule has 0 aliphatic carbocycles. The van der Waals surface area contributed by atoms with Crippen LogP contribution >= 0.6 is 0 Å². The van der Waals surface area contributed by atoms with Crippen molar-refractivity contribution in [3.05, 3.63) is 71.9 Å². The Morgan fingerprint density at radius 3 is 2.62 bits per heavy atom. The Labute approximate surface area is 148 Å². The van der Waals surface area contributed by atoms with Crippen molar-refractivity contribution in [2.75, 3.05) is 16.8 Å². The molecule has 2 aromatic rings. The first-order chi connectivity index (χ1) is 12.5. The van der Waals surface area contributed by atoms with Gasteiger partial charge in [0.1, 0.15) is 18.2 Å². The van der Waals surface area contributed by atoms with Crippen LogP contribution in [0.4, 0.5) is 25.0 Å². The Hall–Kier alpha value is -3.22. The summed E-state index contributed by atoms with van der Waals surface area (Å²) in [7, 11) is 0. The molecule has 0 bridgehead atoms. The van der Waals surface area contributed by atoms with E-state index in [0.717, 1.165) is 17.7 Å². The van der Waals surface area contributed by atoms with E-state index in [1.165, 1.54) is 17.2 Å². The summed E-state index contributed by atoms with van der Waals surface area (Å²) in [6, 6.07) is 10.8. The summed E-state index contributed by atoms with van der Waals surface area (Å²) in [5.74, 6) is -1.59. The average Bonchev–Trinajstić information content (AvgIpc) is 2.64. The molecule has 134 valence electrons. The molecule has 0 radical (unpaired) electrons. The lowest BCUT2D eigenvalue weighted by Crippen LogP contribution is -2.25. The van der Waals surface area contributed by atoms with Crippen molar-refractivity contribution >= 4 is 23.3 Å². The van der Waals surface area contributed by atoms with Crippen LogP contribution < -0.4 is 10.2 Å². The summed E-state index contributed by atoms with van der Waals surface area (Å²) in [6.07, 6.45) is 2.06. The minimum atomic E-state index is -0.886. The smallest absolute Gasteiger partial charge is 0.412 e. The predicted molar refractivity (Wildman–Crippen MR) is 92.7 cm³/mol. The molecule has 0 spiro atoms. The SMILES string of the molecule is O=C1C=CN(c2cc(F)c(NC(=O)OCc3ccccc3)cc2F)CC1. The monoisotopic (exact) mass is 358 g/mol. The number of allylic oxidation sites excluding steroid dienone is 1. The summed E-state index contributed by atoms with van der Waals surface area (Å²) >= 11 is 0. The van der Waals surface area contributed by atoms with Gasteiger partial charge in [-0.25, -0.2) is 13.6 Å². The van der Waals surface area contributed by atoms with Crippen LogP contribution in [0, 0.1) is 11.6 Å². The third kappa shape index (κ3) is 4.24. The molecule has 0 unspecified atom stereocenters. The van der Waals surface area contributed by atoms with Gasteiger partial charge in [-0.1, -0.05) is 30.3 Å². The van der Waals surface area contributed by atoms with E-state index < -0.39 is 17.7 Å². The van der Waals surface area contributed by atoms with Gasteiger partial charge in [0.25, 0.3) is 0 Å². The van der Waals surface area contributed by atoms with Crippen molar-refractivity contribution < 1.29 is 23.1 Å². The number of hydrogen-bond acceptors (Lipinski definition) is 4. The van der Waals surface area contributed by atoms with Crippen molar-refractivity contribution in [2.24, 2.45) is 0 Å². The highest BCUT2D eigenvalue weighted by molar-refractivity contribution is 5.92. The van der Waals surface area contributed by atoms with Crippen molar-refractivity contribution in [2.45, 2.75) is 13.0 Å². The van der Waals surface area contributed by atoms with Crippen molar-refractivity contribution in [3.63, 3.8) is 0 Å². The number of anilines is 2. The fraction of sp³-hybridized carbons (Fsp3) is 0.158. The minimum absolute atomic E-state index is 0.00514. The first-order valence-corrected chi connectivity index (χ1v) is 7.97.